The molecule has 178 valence electrons. The van der Waals surface area contributed by atoms with Gasteiger partial charge < -0.3 is 9.64 Å². The van der Waals surface area contributed by atoms with E-state index in [-0.39, 0.29) is 36.5 Å². The SMILES string of the molecule is CC(C)Cc1cc(C(F)(F)F)c2nc(C(=O)N3CCC(N4C(=O)COC4=O)CC3)c(Cl)n2c1. The molecule has 0 radical (unpaired) electrons. The molecule has 4 heterocycles. The van der Waals surface area contributed by atoms with Gasteiger partial charge in [-0.3, -0.25) is 14.0 Å². The highest BCUT2D eigenvalue weighted by atomic mass is 35.5. The fourth-order valence-electron chi connectivity index (χ4n) is 4.30. The monoisotopic (exact) mass is 486 g/mol. The van der Waals surface area contributed by atoms with Gasteiger partial charge in [-0.25, -0.2) is 14.7 Å². The summed E-state index contributed by atoms with van der Waals surface area (Å²) in [7, 11) is 0. The van der Waals surface area contributed by atoms with Crippen LogP contribution in [-0.4, -0.2) is 62.8 Å². The predicted octanol–water partition coefficient (Wildman–Crippen LogP) is 3.79. The van der Waals surface area contributed by atoms with Crippen molar-refractivity contribution >= 4 is 35.2 Å². The van der Waals surface area contributed by atoms with Crippen LogP contribution in [0.25, 0.3) is 5.65 Å². The van der Waals surface area contributed by atoms with Gasteiger partial charge in [-0.1, -0.05) is 25.4 Å². The first-order valence-electron chi connectivity index (χ1n) is 10.5. The average Bonchev–Trinajstić information content (AvgIpc) is 3.25. The second kappa shape index (κ2) is 8.51. The predicted molar refractivity (Wildman–Crippen MR) is 111 cm³/mol. The lowest BCUT2D eigenvalue weighted by atomic mass is 10.0. The molecule has 2 aliphatic heterocycles. The summed E-state index contributed by atoms with van der Waals surface area (Å²) < 4.78 is 47.0. The number of hydrogen-bond acceptors (Lipinski definition) is 5. The molecule has 2 aromatic rings. The van der Waals surface area contributed by atoms with E-state index in [1.807, 2.05) is 13.8 Å². The minimum absolute atomic E-state index is 0.119. The lowest BCUT2D eigenvalue weighted by molar-refractivity contribution is -0.136. The molecular formula is C21H22ClF3N4O4. The molecular weight excluding hydrogens is 465 g/mol. The number of rotatable bonds is 4. The van der Waals surface area contributed by atoms with Gasteiger partial charge in [0.1, 0.15) is 5.15 Å². The smallest absolute Gasteiger partial charge is 0.419 e. The average molecular weight is 487 g/mol. The Kier molecular flexibility index (Phi) is 6.02. The summed E-state index contributed by atoms with van der Waals surface area (Å²) in [5.74, 6) is -0.908. The number of carbonyl (C=O) groups is 3. The molecule has 2 aliphatic rings. The van der Waals surface area contributed by atoms with Gasteiger partial charge in [-0.15, -0.1) is 0 Å². The maximum Gasteiger partial charge on any atom is 0.419 e. The second-order valence-electron chi connectivity index (χ2n) is 8.64. The van der Waals surface area contributed by atoms with Crippen molar-refractivity contribution in [2.75, 3.05) is 19.7 Å². The van der Waals surface area contributed by atoms with Gasteiger partial charge in [0, 0.05) is 25.3 Å². The zero-order valence-electron chi connectivity index (χ0n) is 18.0. The Hall–Kier alpha value is -2.82. The number of imide groups is 1. The number of piperidine rings is 1. The Morgan fingerprint density at radius 3 is 2.48 bits per heavy atom. The first-order chi connectivity index (χ1) is 15.5. The van der Waals surface area contributed by atoms with E-state index < -0.39 is 41.3 Å². The van der Waals surface area contributed by atoms with E-state index in [2.05, 4.69) is 4.98 Å². The molecule has 0 saturated carbocycles. The van der Waals surface area contributed by atoms with E-state index in [4.69, 9.17) is 16.3 Å². The van der Waals surface area contributed by atoms with Crippen LogP contribution in [0.3, 0.4) is 0 Å². The number of halogens is 4. The van der Waals surface area contributed by atoms with E-state index in [9.17, 15) is 27.6 Å². The molecule has 33 heavy (non-hydrogen) atoms. The van der Waals surface area contributed by atoms with Crippen LogP contribution in [0.5, 0.6) is 0 Å². The molecule has 0 spiro atoms. The van der Waals surface area contributed by atoms with E-state index >= 15 is 0 Å². The molecule has 4 rings (SSSR count). The van der Waals surface area contributed by atoms with E-state index in [0.29, 0.717) is 24.8 Å². The number of cyclic esters (lactones) is 1. The van der Waals surface area contributed by atoms with Crippen LogP contribution < -0.4 is 0 Å². The highest BCUT2D eigenvalue weighted by Crippen LogP contribution is 2.35. The van der Waals surface area contributed by atoms with Gasteiger partial charge in [-0.2, -0.15) is 13.2 Å². The van der Waals surface area contributed by atoms with E-state index in [1.54, 1.807) is 0 Å². The number of likely N-dealkylation sites (tertiary alicyclic amines) is 1. The Labute approximate surface area is 192 Å². The third-order valence-electron chi connectivity index (χ3n) is 5.77. The summed E-state index contributed by atoms with van der Waals surface area (Å²) in [5.41, 5.74) is -1.21. The van der Waals surface area contributed by atoms with Crippen molar-refractivity contribution in [3.05, 3.63) is 34.2 Å². The van der Waals surface area contributed by atoms with E-state index in [0.717, 1.165) is 15.4 Å². The number of amides is 3. The lowest BCUT2D eigenvalue weighted by Gasteiger charge is -2.34. The molecule has 2 saturated heterocycles. The Morgan fingerprint density at radius 1 is 1.27 bits per heavy atom. The zero-order valence-corrected chi connectivity index (χ0v) is 18.7. The van der Waals surface area contributed by atoms with Crippen LogP contribution in [0.15, 0.2) is 12.3 Å². The minimum Gasteiger partial charge on any atom is -0.439 e. The van der Waals surface area contributed by atoms with Crippen LogP contribution in [0.2, 0.25) is 5.15 Å². The minimum atomic E-state index is -4.67. The Morgan fingerprint density at radius 2 is 1.94 bits per heavy atom. The van der Waals surface area contributed by atoms with Crippen LogP contribution >= 0.6 is 11.6 Å². The number of alkyl halides is 3. The molecule has 8 nitrogen and oxygen atoms in total. The van der Waals surface area contributed by atoms with Crippen LogP contribution in [0, 0.1) is 5.92 Å². The number of hydrogen-bond donors (Lipinski definition) is 0. The summed E-state index contributed by atoms with van der Waals surface area (Å²) in [5, 5.41) is -0.188. The molecule has 0 bridgehead atoms. The third-order valence-corrected chi connectivity index (χ3v) is 6.13. The third kappa shape index (κ3) is 4.38. The normalized spacial score (nSPS) is 18.0. The number of pyridine rings is 1. The molecule has 0 unspecified atom stereocenters. The van der Waals surface area contributed by atoms with Gasteiger partial charge in [0.2, 0.25) is 0 Å². The lowest BCUT2D eigenvalue weighted by Crippen LogP contribution is -2.48. The summed E-state index contributed by atoms with van der Waals surface area (Å²) in [6, 6.07) is 0.647. The maximum atomic E-state index is 13.7. The van der Waals surface area contributed by atoms with Gasteiger partial charge >= 0.3 is 12.3 Å². The first-order valence-corrected chi connectivity index (χ1v) is 10.9. The fraction of sp³-hybridized carbons (Fsp3) is 0.524. The standard InChI is InChI=1S/C21H22ClF3N4O4/c1-11(2)7-12-8-14(21(23,24)25)18-26-16(17(22)28(18)9-12)19(31)27-5-3-13(4-6-27)29-15(30)10-33-20(29)32/h8-9,11,13H,3-7,10H2,1-2H3. The van der Waals surface area contributed by atoms with Crippen LogP contribution in [-0.2, 0) is 22.1 Å². The number of nitrogens with zero attached hydrogens (tertiary/aromatic N) is 4. The van der Waals surface area contributed by atoms with Crippen molar-refractivity contribution < 1.29 is 32.3 Å². The van der Waals surface area contributed by atoms with E-state index in [1.165, 1.54) is 11.1 Å². The molecule has 2 fully saturated rings. The number of carbonyl (C=O) groups excluding carboxylic acids is 3. The first kappa shape index (κ1) is 23.3. The highest BCUT2D eigenvalue weighted by molar-refractivity contribution is 6.33. The molecule has 0 aliphatic carbocycles. The topological polar surface area (TPSA) is 84.2 Å². The van der Waals surface area contributed by atoms with Crippen molar-refractivity contribution in [2.45, 2.75) is 45.3 Å². The van der Waals surface area contributed by atoms with Crippen molar-refractivity contribution in [2.24, 2.45) is 5.92 Å². The largest absolute Gasteiger partial charge is 0.439 e. The molecule has 0 N–H and O–H groups in total. The van der Waals surface area contributed by atoms with Gasteiger partial charge in [0.25, 0.3) is 11.8 Å². The molecule has 2 aromatic heterocycles. The summed E-state index contributed by atoms with van der Waals surface area (Å²) in [6.45, 7) is 3.86. The highest BCUT2D eigenvalue weighted by Gasteiger charge is 2.40. The van der Waals surface area contributed by atoms with Gasteiger partial charge in [-0.05, 0) is 36.8 Å². The molecule has 0 aromatic carbocycles. The summed E-state index contributed by atoms with van der Waals surface area (Å²) >= 11 is 6.34. The second-order valence-corrected chi connectivity index (χ2v) is 9.00. The summed E-state index contributed by atoms with van der Waals surface area (Å²) in [6.07, 6.45) is -2.84. The maximum absolute atomic E-state index is 13.7. The van der Waals surface area contributed by atoms with Crippen molar-refractivity contribution in [1.82, 2.24) is 19.2 Å². The molecule has 3 amide bonds. The molecule has 0 atom stereocenters. The number of fused-ring (bicyclic) bond motifs is 1. The Balaban J connectivity index is 1.61. The number of imidazole rings is 1. The number of aromatic nitrogens is 2. The van der Waals surface area contributed by atoms with Gasteiger partial charge in [0.05, 0.1) is 5.56 Å². The Bertz CT molecular complexity index is 1110. The van der Waals surface area contributed by atoms with Crippen LogP contribution in [0.4, 0.5) is 18.0 Å². The van der Waals surface area contributed by atoms with Crippen molar-refractivity contribution in [1.29, 1.82) is 0 Å². The fourth-order valence-corrected chi connectivity index (χ4v) is 4.55. The summed E-state index contributed by atoms with van der Waals surface area (Å²) in [4.78, 5) is 43.1. The number of ether oxygens (including phenoxy) is 1. The quantitative estimate of drug-likeness (QED) is 0.656. The molecule has 12 heteroatoms. The van der Waals surface area contributed by atoms with Crippen LogP contribution in [0.1, 0.15) is 48.3 Å². The van der Waals surface area contributed by atoms with Crippen molar-refractivity contribution in [3.63, 3.8) is 0 Å². The van der Waals surface area contributed by atoms with Gasteiger partial charge in [0.15, 0.2) is 17.9 Å². The van der Waals surface area contributed by atoms with Crippen molar-refractivity contribution in [3.8, 4) is 0 Å². The zero-order chi connectivity index (χ0) is 24.1.